The summed E-state index contributed by atoms with van der Waals surface area (Å²) in [5.74, 6) is -0.160. The molecule has 20 heavy (non-hydrogen) atoms. The fourth-order valence-electron chi connectivity index (χ4n) is 1.91. The highest BCUT2D eigenvalue weighted by Gasteiger charge is 2.17. The van der Waals surface area contributed by atoms with Crippen molar-refractivity contribution in [2.45, 2.75) is 33.5 Å². The van der Waals surface area contributed by atoms with Gasteiger partial charge in [-0.3, -0.25) is 14.2 Å². The summed E-state index contributed by atoms with van der Waals surface area (Å²) < 4.78 is 5.09. The summed E-state index contributed by atoms with van der Waals surface area (Å²) in [5.41, 5.74) is 1.48. The second-order valence-electron chi connectivity index (χ2n) is 4.09. The number of halogens is 2. The van der Waals surface area contributed by atoms with Crippen molar-refractivity contribution in [1.29, 1.82) is 0 Å². The van der Waals surface area contributed by atoms with Gasteiger partial charge in [0.15, 0.2) is 0 Å². The minimum absolute atomic E-state index is 0.160. The normalized spacial score (nSPS) is 10.8. The molecule has 0 aliphatic heterocycles. The average Bonchev–Trinajstić information content (AvgIpc) is 2.99. The van der Waals surface area contributed by atoms with Crippen LogP contribution in [0.5, 0.6) is 0 Å². The van der Waals surface area contributed by atoms with Gasteiger partial charge in [0, 0.05) is 13.1 Å². The quantitative estimate of drug-likeness (QED) is 0.832. The molecule has 0 unspecified atom stereocenters. The van der Waals surface area contributed by atoms with Crippen molar-refractivity contribution in [2.75, 3.05) is 0 Å². The lowest BCUT2D eigenvalue weighted by Crippen LogP contribution is -2.27. The summed E-state index contributed by atoms with van der Waals surface area (Å²) in [6.45, 7) is 5.76. The zero-order valence-electron chi connectivity index (χ0n) is 11.2. The van der Waals surface area contributed by atoms with Crippen molar-refractivity contribution >= 4 is 37.8 Å². The molecule has 108 valence electrons. The Bertz CT molecular complexity index is 619. The summed E-state index contributed by atoms with van der Waals surface area (Å²) in [6, 6.07) is 0. The molecule has 0 radical (unpaired) electrons. The van der Waals surface area contributed by atoms with Crippen molar-refractivity contribution in [3.63, 3.8) is 0 Å². The molecule has 0 fully saturated rings. The fraction of sp³-hybridized carbons (Fsp3) is 0.417. The fourth-order valence-corrected chi connectivity index (χ4v) is 2.82. The van der Waals surface area contributed by atoms with E-state index in [1.54, 1.807) is 17.1 Å². The molecule has 6 nitrogen and oxygen atoms in total. The number of aromatic nitrogens is 4. The van der Waals surface area contributed by atoms with Crippen LogP contribution >= 0.6 is 31.9 Å². The van der Waals surface area contributed by atoms with Gasteiger partial charge >= 0.3 is 0 Å². The third kappa shape index (κ3) is 2.95. The van der Waals surface area contributed by atoms with Crippen molar-refractivity contribution < 1.29 is 4.79 Å². The highest BCUT2D eigenvalue weighted by molar-refractivity contribution is 9.10. The summed E-state index contributed by atoms with van der Waals surface area (Å²) in [7, 11) is 0. The second kappa shape index (κ2) is 6.53. The molecule has 1 amide bonds. The number of nitrogens with one attached hydrogen (secondary N) is 1. The Morgan fingerprint density at radius 3 is 2.40 bits per heavy atom. The lowest BCUT2D eigenvalue weighted by molar-refractivity contribution is 0.0938. The molecule has 0 aliphatic carbocycles. The van der Waals surface area contributed by atoms with Crippen LogP contribution in [-0.4, -0.2) is 25.5 Å². The van der Waals surface area contributed by atoms with Gasteiger partial charge in [0.1, 0.15) is 5.69 Å². The molecule has 0 aliphatic rings. The Morgan fingerprint density at radius 2 is 1.75 bits per heavy atom. The van der Waals surface area contributed by atoms with Crippen LogP contribution in [0.15, 0.2) is 21.3 Å². The molecule has 0 spiro atoms. The van der Waals surface area contributed by atoms with Gasteiger partial charge in [0.05, 0.1) is 33.6 Å². The zero-order chi connectivity index (χ0) is 14.7. The predicted molar refractivity (Wildman–Crippen MR) is 82.4 cm³/mol. The molecule has 8 heteroatoms. The van der Waals surface area contributed by atoms with Crippen LogP contribution in [0.25, 0.3) is 0 Å². The number of rotatable bonds is 5. The first-order valence-electron chi connectivity index (χ1n) is 6.28. The molecule has 0 aromatic carbocycles. The van der Waals surface area contributed by atoms with E-state index in [9.17, 15) is 4.79 Å². The van der Waals surface area contributed by atoms with Crippen molar-refractivity contribution in [3.05, 3.63) is 32.7 Å². The van der Waals surface area contributed by atoms with E-state index in [0.29, 0.717) is 23.3 Å². The van der Waals surface area contributed by atoms with Crippen molar-refractivity contribution in [1.82, 2.24) is 24.9 Å². The lowest BCUT2D eigenvalue weighted by Gasteiger charge is -2.09. The third-order valence-electron chi connectivity index (χ3n) is 2.92. The second-order valence-corrected chi connectivity index (χ2v) is 5.80. The van der Waals surface area contributed by atoms with Crippen LogP contribution < -0.4 is 5.32 Å². The van der Waals surface area contributed by atoms with E-state index < -0.39 is 0 Å². The Morgan fingerprint density at radius 1 is 1.15 bits per heavy atom. The van der Waals surface area contributed by atoms with E-state index in [-0.39, 0.29) is 5.91 Å². The number of hydrogen-bond acceptors (Lipinski definition) is 3. The van der Waals surface area contributed by atoms with Gasteiger partial charge in [0.2, 0.25) is 0 Å². The number of amides is 1. The molecule has 0 saturated heterocycles. The molecule has 2 heterocycles. The van der Waals surface area contributed by atoms with E-state index >= 15 is 0 Å². The predicted octanol–water partition coefficient (Wildman–Crippen LogP) is 2.57. The van der Waals surface area contributed by atoms with Gasteiger partial charge < -0.3 is 5.32 Å². The highest BCUT2D eigenvalue weighted by Crippen LogP contribution is 2.18. The van der Waals surface area contributed by atoms with Gasteiger partial charge in [-0.05, 0) is 45.7 Å². The number of aryl methyl sites for hydroxylation is 2. The minimum Gasteiger partial charge on any atom is -0.345 e. The highest BCUT2D eigenvalue weighted by atomic mass is 79.9. The Kier molecular flexibility index (Phi) is 4.98. The summed E-state index contributed by atoms with van der Waals surface area (Å²) in [6.07, 6.45) is 3.36. The van der Waals surface area contributed by atoms with E-state index in [0.717, 1.165) is 16.7 Å². The number of carbonyl (C=O) groups excluding carboxylic acids is 1. The first-order chi connectivity index (χ1) is 9.58. The Balaban J connectivity index is 2.12. The lowest BCUT2D eigenvalue weighted by atomic mass is 10.3. The molecule has 0 saturated carbocycles. The topological polar surface area (TPSA) is 64.7 Å². The van der Waals surface area contributed by atoms with Crippen LogP contribution in [0.4, 0.5) is 0 Å². The molecule has 2 aromatic heterocycles. The van der Waals surface area contributed by atoms with Crippen LogP contribution in [0, 0.1) is 0 Å². The number of hydrogen-bond donors (Lipinski definition) is 1. The van der Waals surface area contributed by atoms with Crippen LogP contribution in [0.2, 0.25) is 0 Å². The Labute approximate surface area is 133 Å². The van der Waals surface area contributed by atoms with Gasteiger partial charge in [-0.2, -0.15) is 10.2 Å². The first kappa shape index (κ1) is 15.2. The maximum absolute atomic E-state index is 12.3. The zero-order valence-corrected chi connectivity index (χ0v) is 14.4. The molecule has 1 N–H and O–H groups in total. The van der Waals surface area contributed by atoms with Gasteiger partial charge in [-0.15, -0.1) is 0 Å². The first-order valence-corrected chi connectivity index (χ1v) is 7.86. The molecule has 0 bridgehead atoms. The smallest absolute Gasteiger partial charge is 0.271 e. The number of carbonyl (C=O) groups is 1. The maximum atomic E-state index is 12.3. The van der Waals surface area contributed by atoms with Crippen LogP contribution in [-0.2, 0) is 19.6 Å². The molecule has 2 aromatic rings. The molecule has 2 rings (SSSR count). The SMILES string of the molecule is CCn1ncc(Br)c1CNC(=O)c1c(Br)cnn1CC. The van der Waals surface area contributed by atoms with E-state index in [2.05, 4.69) is 47.4 Å². The van der Waals surface area contributed by atoms with E-state index in [4.69, 9.17) is 0 Å². The van der Waals surface area contributed by atoms with E-state index in [1.807, 2.05) is 18.5 Å². The Hall–Kier alpha value is -1.15. The summed E-state index contributed by atoms with van der Waals surface area (Å²) >= 11 is 6.79. The number of nitrogens with zero attached hydrogens (tertiary/aromatic N) is 4. The van der Waals surface area contributed by atoms with Crippen molar-refractivity contribution in [3.8, 4) is 0 Å². The summed E-state index contributed by atoms with van der Waals surface area (Å²) in [5, 5.41) is 11.2. The standard InChI is InChI=1S/C12H15Br2N5O/c1-3-18-10(8(13)5-16-18)7-15-12(20)11-9(14)6-17-19(11)4-2/h5-6H,3-4,7H2,1-2H3,(H,15,20). The largest absolute Gasteiger partial charge is 0.345 e. The van der Waals surface area contributed by atoms with Gasteiger partial charge in [-0.1, -0.05) is 0 Å². The van der Waals surface area contributed by atoms with Gasteiger partial charge in [-0.25, -0.2) is 0 Å². The van der Waals surface area contributed by atoms with Gasteiger partial charge in [0.25, 0.3) is 5.91 Å². The summed E-state index contributed by atoms with van der Waals surface area (Å²) in [4.78, 5) is 12.3. The van der Waals surface area contributed by atoms with Crippen LogP contribution in [0.1, 0.15) is 30.0 Å². The average molecular weight is 405 g/mol. The minimum atomic E-state index is -0.160. The molecular weight excluding hydrogens is 390 g/mol. The molecular formula is C12H15Br2N5O. The monoisotopic (exact) mass is 403 g/mol. The maximum Gasteiger partial charge on any atom is 0.271 e. The van der Waals surface area contributed by atoms with Crippen molar-refractivity contribution in [2.24, 2.45) is 0 Å². The third-order valence-corrected chi connectivity index (χ3v) is 4.17. The van der Waals surface area contributed by atoms with Crippen LogP contribution in [0.3, 0.4) is 0 Å². The van der Waals surface area contributed by atoms with E-state index in [1.165, 1.54) is 0 Å². The molecule has 0 atom stereocenters.